The normalized spacial score (nSPS) is 28.8. The summed E-state index contributed by atoms with van der Waals surface area (Å²) in [6.45, 7) is 14.7. The van der Waals surface area contributed by atoms with E-state index in [1.165, 1.54) is 0 Å². The summed E-state index contributed by atoms with van der Waals surface area (Å²) in [5, 5.41) is 10.7. The van der Waals surface area contributed by atoms with Crippen LogP contribution in [-0.4, -0.2) is 88.8 Å². The Balaban J connectivity index is 1.55. The highest BCUT2D eigenvalue weighted by molar-refractivity contribution is 6.03. The summed E-state index contributed by atoms with van der Waals surface area (Å²) in [7, 11) is 0. The summed E-state index contributed by atoms with van der Waals surface area (Å²) in [4.78, 5) is 49.4. The third kappa shape index (κ3) is 5.82. The largest absolute Gasteiger partial charge is 0.494 e. The fourth-order valence-corrected chi connectivity index (χ4v) is 8.45. The Morgan fingerprint density at radius 1 is 1.09 bits per heavy atom. The van der Waals surface area contributed by atoms with Gasteiger partial charge in [-0.2, -0.15) is 0 Å². The highest BCUT2D eigenvalue weighted by Crippen LogP contribution is 2.60. The van der Waals surface area contributed by atoms with Gasteiger partial charge in [0, 0.05) is 24.8 Å². The molecule has 3 saturated heterocycles. The molecule has 4 fully saturated rings. The Kier molecular flexibility index (Phi) is 10.4. The molecule has 1 N–H and O–H groups in total. The number of aliphatic hydroxyl groups is 1. The maximum absolute atomic E-state index is 14.9. The molecule has 5 rings (SSSR count). The zero-order valence-corrected chi connectivity index (χ0v) is 27.2. The van der Waals surface area contributed by atoms with Crippen LogP contribution in [0.5, 0.6) is 5.75 Å². The van der Waals surface area contributed by atoms with Gasteiger partial charge >= 0.3 is 0 Å². The van der Waals surface area contributed by atoms with Gasteiger partial charge in [0.05, 0.1) is 37.2 Å². The minimum atomic E-state index is -1.13. The zero-order valence-electron chi connectivity index (χ0n) is 27.2. The molecule has 4 aliphatic rings. The van der Waals surface area contributed by atoms with E-state index in [4.69, 9.17) is 9.47 Å². The van der Waals surface area contributed by atoms with E-state index >= 15 is 0 Å². The molecule has 7 atom stereocenters. The minimum absolute atomic E-state index is 0.0560. The van der Waals surface area contributed by atoms with E-state index in [0.717, 1.165) is 38.5 Å². The second kappa shape index (κ2) is 14.1. The number of fused-ring (bicyclic) bond motifs is 1. The minimum Gasteiger partial charge on any atom is -0.494 e. The Morgan fingerprint density at radius 3 is 2.38 bits per heavy atom. The van der Waals surface area contributed by atoms with Gasteiger partial charge in [-0.1, -0.05) is 51.7 Å². The van der Waals surface area contributed by atoms with Crippen LogP contribution in [0.1, 0.15) is 72.1 Å². The fourth-order valence-electron chi connectivity index (χ4n) is 8.45. The first kappa shape index (κ1) is 33.2. The standard InChI is InChI=1S/C36H51N3O6/c1-6-21-37(26-15-17-27(18-16-26)44-9-4)33(41)30-29-19-20-36(45-29)31(30)34(42)39(28(23-40)24(5)8-3)32(36)35(43)38(22-7-2)25-13-11-10-12-14-25/h6-7,15-18,24-25,28-32,40H,1-2,8-14,19-23H2,3-5H3/t24-,28-,29-,30+,31-,32?,36?/m0/s1. The van der Waals surface area contributed by atoms with E-state index in [0.29, 0.717) is 37.4 Å². The molecule has 0 aromatic heterocycles. The third-order valence-electron chi connectivity index (χ3n) is 10.8. The quantitative estimate of drug-likeness (QED) is 0.302. The lowest BCUT2D eigenvalue weighted by molar-refractivity contribution is -0.154. The number of aliphatic hydroxyl groups excluding tert-OH is 1. The third-order valence-corrected chi connectivity index (χ3v) is 10.8. The maximum atomic E-state index is 14.9. The summed E-state index contributed by atoms with van der Waals surface area (Å²) < 4.78 is 12.4. The van der Waals surface area contributed by atoms with Crippen LogP contribution in [0.25, 0.3) is 0 Å². The number of anilines is 1. The second-order valence-electron chi connectivity index (χ2n) is 13.2. The molecule has 9 nitrogen and oxygen atoms in total. The lowest BCUT2D eigenvalue weighted by atomic mass is 9.70. The number of benzene rings is 1. The highest BCUT2D eigenvalue weighted by Gasteiger charge is 2.75. The smallest absolute Gasteiger partial charge is 0.248 e. The van der Waals surface area contributed by atoms with Gasteiger partial charge in [-0.25, -0.2) is 0 Å². The van der Waals surface area contributed by atoms with Crippen molar-refractivity contribution in [2.24, 2.45) is 17.8 Å². The van der Waals surface area contributed by atoms with Crippen molar-refractivity contribution in [1.29, 1.82) is 0 Å². The molecule has 0 radical (unpaired) electrons. The first-order valence-electron chi connectivity index (χ1n) is 16.9. The van der Waals surface area contributed by atoms with Gasteiger partial charge in [-0.15, -0.1) is 13.2 Å². The molecular formula is C36H51N3O6. The number of hydrogen-bond acceptors (Lipinski definition) is 6. The van der Waals surface area contributed by atoms with Gasteiger partial charge in [0.2, 0.25) is 17.7 Å². The first-order valence-corrected chi connectivity index (χ1v) is 16.9. The molecule has 246 valence electrons. The topological polar surface area (TPSA) is 99.6 Å². The summed E-state index contributed by atoms with van der Waals surface area (Å²) in [5.41, 5.74) is -0.454. The van der Waals surface area contributed by atoms with E-state index in [-0.39, 0.29) is 42.8 Å². The van der Waals surface area contributed by atoms with Gasteiger partial charge in [0.15, 0.2) is 0 Å². The summed E-state index contributed by atoms with van der Waals surface area (Å²) in [6, 6.07) is 5.92. The van der Waals surface area contributed by atoms with Crippen LogP contribution in [-0.2, 0) is 19.1 Å². The average molecular weight is 622 g/mol. The molecule has 2 bridgehead atoms. The van der Waals surface area contributed by atoms with Crippen LogP contribution < -0.4 is 9.64 Å². The molecule has 1 aromatic carbocycles. The fraction of sp³-hybridized carbons (Fsp3) is 0.639. The van der Waals surface area contributed by atoms with Crippen molar-refractivity contribution in [3.05, 3.63) is 49.6 Å². The van der Waals surface area contributed by atoms with Crippen molar-refractivity contribution < 1.29 is 29.0 Å². The average Bonchev–Trinajstić information content (AvgIpc) is 3.71. The Morgan fingerprint density at radius 2 is 1.78 bits per heavy atom. The number of likely N-dealkylation sites (tertiary alicyclic amines) is 1. The van der Waals surface area contributed by atoms with E-state index < -0.39 is 35.6 Å². The monoisotopic (exact) mass is 621 g/mol. The zero-order chi connectivity index (χ0) is 32.3. The van der Waals surface area contributed by atoms with E-state index in [9.17, 15) is 19.5 Å². The molecule has 1 saturated carbocycles. The number of carbonyl (C=O) groups is 3. The Hall–Kier alpha value is -3.17. The predicted molar refractivity (Wildman–Crippen MR) is 174 cm³/mol. The molecule has 9 heteroatoms. The summed E-state index contributed by atoms with van der Waals surface area (Å²) in [5.74, 6) is -1.54. The van der Waals surface area contributed by atoms with Crippen LogP contribution in [0.3, 0.4) is 0 Å². The van der Waals surface area contributed by atoms with E-state index in [2.05, 4.69) is 13.2 Å². The highest BCUT2D eigenvalue weighted by atomic mass is 16.5. The number of nitrogens with zero attached hydrogens (tertiary/aromatic N) is 3. The molecule has 45 heavy (non-hydrogen) atoms. The van der Waals surface area contributed by atoms with Crippen molar-refractivity contribution in [2.75, 3.05) is 31.2 Å². The number of rotatable bonds is 14. The molecule has 3 heterocycles. The number of carbonyl (C=O) groups excluding carboxylic acids is 3. The van der Waals surface area contributed by atoms with Gasteiger partial charge in [-0.05, 0) is 62.8 Å². The van der Waals surface area contributed by atoms with Crippen molar-refractivity contribution in [3.8, 4) is 5.75 Å². The molecule has 3 aliphatic heterocycles. The molecular weight excluding hydrogens is 570 g/mol. The van der Waals surface area contributed by atoms with Crippen LogP contribution in [0.4, 0.5) is 5.69 Å². The molecule has 3 amide bonds. The first-order chi connectivity index (χ1) is 21.8. The lowest BCUT2D eigenvalue weighted by Gasteiger charge is -2.43. The molecule has 2 unspecified atom stereocenters. The van der Waals surface area contributed by atoms with Crippen molar-refractivity contribution in [2.45, 2.75) is 102 Å². The number of hydrogen-bond donors (Lipinski definition) is 1. The second-order valence-corrected chi connectivity index (χ2v) is 13.2. The van der Waals surface area contributed by atoms with Gasteiger partial charge < -0.3 is 29.3 Å². The van der Waals surface area contributed by atoms with E-state index in [1.54, 1.807) is 22.0 Å². The maximum Gasteiger partial charge on any atom is 0.248 e. The Bertz CT molecular complexity index is 1250. The van der Waals surface area contributed by atoms with Crippen molar-refractivity contribution in [3.63, 3.8) is 0 Å². The van der Waals surface area contributed by atoms with Crippen LogP contribution in [0, 0.1) is 17.8 Å². The lowest BCUT2D eigenvalue weighted by Crippen LogP contribution is -2.61. The van der Waals surface area contributed by atoms with E-state index in [1.807, 2.05) is 49.9 Å². The van der Waals surface area contributed by atoms with Gasteiger partial charge in [-0.3, -0.25) is 14.4 Å². The summed E-state index contributed by atoms with van der Waals surface area (Å²) in [6.07, 6.45) is 9.86. The van der Waals surface area contributed by atoms with Gasteiger partial charge in [0.1, 0.15) is 17.4 Å². The number of ether oxygens (including phenoxy) is 2. The molecule has 1 spiro atoms. The van der Waals surface area contributed by atoms with Crippen LogP contribution in [0.2, 0.25) is 0 Å². The van der Waals surface area contributed by atoms with Crippen molar-refractivity contribution >= 4 is 23.4 Å². The Labute approximate surface area is 268 Å². The summed E-state index contributed by atoms with van der Waals surface area (Å²) >= 11 is 0. The van der Waals surface area contributed by atoms with Gasteiger partial charge in [0.25, 0.3) is 0 Å². The van der Waals surface area contributed by atoms with Crippen LogP contribution >= 0.6 is 0 Å². The molecule has 1 aromatic rings. The van der Waals surface area contributed by atoms with Crippen molar-refractivity contribution in [1.82, 2.24) is 9.80 Å². The number of amides is 3. The van der Waals surface area contributed by atoms with Crippen LogP contribution in [0.15, 0.2) is 49.6 Å². The predicted octanol–water partition coefficient (Wildman–Crippen LogP) is 4.73. The molecule has 1 aliphatic carbocycles. The SMILES string of the molecule is C=CCN(C(=O)[C@@H]1[C@@H]2CCC3(O2)C(C(=O)N(CC=C)C2CCCCC2)N([C@@H](CO)[C@@H](C)CC)C(=O)[C@H]13)c1ccc(OCC)cc1.